The van der Waals surface area contributed by atoms with Crippen LogP contribution < -0.4 is 59.1 Å². The van der Waals surface area contributed by atoms with Crippen LogP contribution in [0.1, 0.15) is 110 Å². The Morgan fingerprint density at radius 1 is 0.714 bits per heavy atom. The van der Waals surface area contributed by atoms with Crippen LogP contribution in [0.2, 0.25) is 0 Å². The zero-order valence-corrected chi connectivity index (χ0v) is 23.5. The van der Waals surface area contributed by atoms with E-state index in [-0.39, 0.29) is 59.1 Å². The SMILES string of the molecule is CCCCCCCCCCCCCCCCC[C-]=O.O=S(=O)([O-])CCO.[Na+].[Na+]. The molecule has 1 N–H and O–H groups in total. The van der Waals surface area contributed by atoms with E-state index < -0.39 is 22.5 Å². The summed E-state index contributed by atoms with van der Waals surface area (Å²) in [7, 11) is -4.17. The Morgan fingerprint density at radius 2 is 1.04 bits per heavy atom. The Balaban J connectivity index is -0.000000274. The number of rotatable bonds is 18. The van der Waals surface area contributed by atoms with Crippen LogP contribution in [0.3, 0.4) is 0 Å². The van der Waals surface area contributed by atoms with Crippen molar-refractivity contribution in [2.24, 2.45) is 0 Å². The van der Waals surface area contributed by atoms with E-state index in [1.807, 2.05) is 6.29 Å². The minimum absolute atomic E-state index is 0. The molecule has 0 amide bonds. The van der Waals surface area contributed by atoms with E-state index in [1.165, 1.54) is 89.9 Å². The molecule has 0 aliphatic carbocycles. The Bertz CT molecular complexity index is 379. The van der Waals surface area contributed by atoms with Crippen LogP contribution in [0.15, 0.2) is 0 Å². The minimum atomic E-state index is -4.17. The van der Waals surface area contributed by atoms with Crippen molar-refractivity contribution in [1.29, 1.82) is 0 Å². The monoisotopic (exact) mass is 438 g/mol. The maximum absolute atomic E-state index is 10.0. The van der Waals surface area contributed by atoms with Crippen LogP contribution in [0, 0.1) is 0 Å². The van der Waals surface area contributed by atoms with Gasteiger partial charge in [-0.2, -0.15) is 6.42 Å². The Labute approximate surface area is 218 Å². The fourth-order valence-corrected chi connectivity index (χ4v) is 2.90. The fraction of sp³-hybridized carbons (Fsp3) is 0.950. The van der Waals surface area contributed by atoms with Crippen molar-refractivity contribution in [1.82, 2.24) is 0 Å². The quantitative estimate of drug-likeness (QED) is 0.127. The molecule has 0 aromatic carbocycles. The van der Waals surface area contributed by atoms with Gasteiger partial charge >= 0.3 is 59.1 Å². The van der Waals surface area contributed by atoms with Gasteiger partial charge in [0.05, 0.1) is 22.5 Å². The summed E-state index contributed by atoms with van der Waals surface area (Å²) >= 11 is 0. The Hall–Kier alpha value is 1.54. The molecule has 5 nitrogen and oxygen atoms in total. The van der Waals surface area contributed by atoms with E-state index in [9.17, 15) is 17.8 Å². The first-order chi connectivity index (χ1) is 12.5. The summed E-state index contributed by atoms with van der Waals surface area (Å²) in [5.74, 6) is -0.688. The predicted octanol–water partition coefficient (Wildman–Crippen LogP) is -1.11. The molecule has 0 aliphatic heterocycles. The number of hydrogen-bond donors (Lipinski definition) is 1. The van der Waals surface area contributed by atoms with E-state index >= 15 is 0 Å². The van der Waals surface area contributed by atoms with Gasteiger partial charge in [-0.3, -0.25) is 6.29 Å². The first kappa shape index (κ1) is 36.9. The van der Waals surface area contributed by atoms with Gasteiger partial charge in [-0.25, -0.2) is 8.42 Å². The van der Waals surface area contributed by atoms with Crippen molar-refractivity contribution >= 4 is 16.4 Å². The van der Waals surface area contributed by atoms with Gasteiger partial charge < -0.3 is 14.5 Å². The molecule has 0 aliphatic rings. The summed E-state index contributed by atoms with van der Waals surface area (Å²) in [6, 6.07) is 0. The van der Waals surface area contributed by atoms with Crippen molar-refractivity contribution in [3.63, 3.8) is 0 Å². The van der Waals surface area contributed by atoms with Crippen molar-refractivity contribution < 1.29 is 82.0 Å². The molecule has 0 spiro atoms. The summed E-state index contributed by atoms with van der Waals surface area (Å²) in [6.45, 7) is 1.69. The number of aliphatic hydroxyl groups is 1. The van der Waals surface area contributed by atoms with E-state index in [0.717, 1.165) is 6.42 Å². The van der Waals surface area contributed by atoms with Gasteiger partial charge in [0.2, 0.25) is 0 Å². The number of carbonyl (C=O) groups excluding carboxylic acids is 1. The summed E-state index contributed by atoms with van der Waals surface area (Å²) in [5.41, 5.74) is 0. The van der Waals surface area contributed by atoms with Crippen molar-refractivity contribution in [2.45, 2.75) is 110 Å². The van der Waals surface area contributed by atoms with E-state index in [2.05, 4.69) is 6.92 Å². The smallest absolute Gasteiger partial charge is 0.748 e. The van der Waals surface area contributed by atoms with Crippen LogP contribution in [0.5, 0.6) is 0 Å². The average Bonchev–Trinajstić information content (AvgIpc) is 2.58. The molecule has 0 fully saturated rings. The second-order valence-corrected chi connectivity index (χ2v) is 8.35. The van der Waals surface area contributed by atoms with Crippen molar-refractivity contribution in [3.8, 4) is 0 Å². The van der Waals surface area contributed by atoms with Gasteiger partial charge in [0.15, 0.2) is 0 Å². The molecule has 8 heteroatoms. The molecule has 28 heavy (non-hydrogen) atoms. The standard InChI is InChI=1S/C18H35O.C2H6O4S.2Na/c1-2-3-4-5-6-7-8-9-10-11-12-13-14-15-16-17-18-19;3-1-2-7(4,5)6;;/h2-17H2,1H3;3H,1-2H2,(H,4,5,6);;/q-1;;2*+1/p-1. The van der Waals surface area contributed by atoms with Gasteiger partial charge in [-0.05, 0) is 0 Å². The molecular formula is C20H40Na2O5S. The predicted molar refractivity (Wildman–Crippen MR) is 107 cm³/mol. The van der Waals surface area contributed by atoms with E-state index in [1.54, 1.807) is 0 Å². The van der Waals surface area contributed by atoms with Crippen LogP contribution in [0.25, 0.3) is 0 Å². The van der Waals surface area contributed by atoms with Crippen molar-refractivity contribution in [2.75, 3.05) is 12.4 Å². The maximum atomic E-state index is 10.0. The van der Waals surface area contributed by atoms with Crippen LogP contribution in [-0.4, -0.2) is 36.7 Å². The number of unbranched alkanes of at least 4 members (excludes halogenated alkanes) is 15. The molecule has 0 saturated carbocycles. The Kier molecular flexibility index (Phi) is 40.5. The van der Waals surface area contributed by atoms with Crippen LogP contribution in [-0.2, 0) is 14.9 Å². The third kappa shape index (κ3) is 41.8. The first-order valence-corrected chi connectivity index (χ1v) is 11.9. The van der Waals surface area contributed by atoms with Crippen LogP contribution in [0.4, 0.5) is 0 Å². The summed E-state index contributed by atoms with van der Waals surface area (Å²) < 4.78 is 28.5. The number of hydrogen-bond acceptors (Lipinski definition) is 5. The van der Waals surface area contributed by atoms with E-state index in [0.29, 0.717) is 6.42 Å². The van der Waals surface area contributed by atoms with Gasteiger partial charge in [0.25, 0.3) is 0 Å². The molecule has 0 rings (SSSR count). The second-order valence-electron chi connectivity index (χ2n) is 6.83. The van der Waals surface area contributed by atoms with Gasteiger partial charge in [0, 0.05) is 0 Å². The third-order valence-electron chi connectivity index (χ3n) is 4.22. The van der Waals surface area contributed by atoms with Crippen LogP contribution >= 0.6 is 0 Å². The normalized spacial score (nSPS) is 10.2. The van der Waals surface area contributed by atoms with Gasteiger partial charge in [-0.1, -0.05) is 103 Å². The molecule has 158 valence electrons. The molecule has 0 bridgehead atoms. The molecular weight excluding hydrogens is 398 g/mol. The second kappa shape index (κ2) is 30.7. The first-order valence-electron chi connectivity index (χ1n) is 10.4. The third-order valence-corrected chi connectivity index (χ3v) is 4.91. The molecule has 0 heterocycles. The zero-order valence-electron chi connectivity index (χ0n) is 18.7. The van der Waals surface area contributed by atoms with Crippen molar-refractivity contribution in [3.05, 3.63) is 0 Å². The molecule has 0 unspecified atom stereocenters. The largest absolute Gasteiger partial charge is 1.00 e. The average molecular weight is 439 g/mol. The van der Waals surface area contributed by atoms with Gasteiger partial charge in [-0.15, -0.1) is 0 Å². The zero-order chi connectivity index (χ0) is 19.9. The number of aliphatic hydroxyl groups excluding tert-OH is 1. The van der Waals surface area contributed by atoms with Gasteiger partial charge in [0.1, 0.15) is 0 Å². The summed E-state index contributed by atoms with van der Waals surface area (Å²) in [6.07, 6.45) is 23.2. The molecule has 0 aromatic rings. The molecule has 0 saturated heterocycles. The minimum Gasteiger partial charge on any atom is -0.748 e. The maximum Gasteiger partial charge on any atom is 1.00 e. The Morgan fingerprint density at radius 3 is 1.25 bits per heavy atom. The topological polar surface area (TPSA) is 94.5 Å². The molecule has 0 radical (unpaired) electrons. The van der Waals surface area contributed by atoms with E-state index in [4.69, 9.17) is 5.11 Å². The summed E-state index contributed by atoms with van der Waals surface area (Å²) in [5, 5.41) is 7.82. The summed E-state index contributed by atoms with van der Waals surface area (Å²) in [4.78, 5) is 10.0. The molecule has 0 aromatic heterocycles. The molecule has 0 atom stereocenters. The fourth-order valence-electron chi connectivity index (χ4n) is 2.68.